The van der Waals surface area contributed by atoms with Gasteiger partial charge in [0.05, 0.1) is 13.7 Å². The average molecular weight is 370 g/mol. The first-order chi connectivity index (χ1) is 13.1. The first-order valence-electron chi connectivity index (χ1n) is 8.97. The molecule has 6 heteroatoms. The summed E-state index contributed by atoms with van der Waals surface area (Å²) in [5, 5.41) is 5.55. The molecule has 2 rings (SSSR count). The van der Waals surface area contributed by atoms with Crippen molar-refractivity contribution in [2.24, 2.45) is 0 Å². The lowest BCUT2D eigenvalue weighted by molar-refractivity contribution is -0.121. The molecule has 0 radical (unpaired) electrons. The largest absolute Gasteiger partial charge is 0.497 e. The molecule has 0 heterocycles. The Morgan fingerprint density at radius 1 is 1.00 bits per heavy atom. The van der Waals surface area contributed by atoms with Crippen molar-refractivity contribution in [1.82, 2.24) is 10.6 Å². The summed E-state index contributed by atoms with van der Waals surface area (Å²) in [6.45, 7) is 3.22. The molecular weight excluding hydrogens is 344 g/mol. The molecule has 2 N–H and O–H groups in total. The van der Waals surface area contributed by atoms with E-state index >= 15 is 0 Å². The molecule has 27 heavy (non-hydrogen) atoms. The molecule has 0 aliphatic carbocycles. The maximum absolute atomic E-state index is 12.0. The first-order valence-corrected chi connectivity index (χ1v) is 8.97. The maximum Gasteiger partial charge on any atom is 0.251 e. The second-order valence-electron chi connectivity index (χ2n) is 6.06. The molecule has 0 aromatic heterocycles. The summed E-state index contributed by atoms with van der Waals surface area (Å²) in [6, 6.07) is 14.7. The Morgan fingerprint density at radius 3 is 2.56 bits per heavy atom. The van der Waals surface area contributed by atoms with Crippen LogP contribution in [0, 0.1) is 6.92 Å². The van der Waals surface area contributed by atoms with Crippen molar-refractivity contribution in [3.8, 4) is 11.5 Å². The summed E-state index contributed by atoms with van der Waals surface area (Å²) in [4.78, 5) is 23.9. The zero-order valence-corrected chi connectivity index (χ0v) is 15.8. The number of benzene rings is 2. The number of ether oxygens (including phenoxy) is 2. The zero-order chi connectivity index (χ0) is 19.5. The predicted octanol–water partition coefficient (Wildman–Crippen LogP) is 2.71. The van der Waals surface area contributed by atoms with E-state index in [1.165, 1.54) is 0 Å². The standard InChI is InChI=1S/C21H26N2O4/c1-16-7-3-4-10-19(16)27-14-6-11-20(24)22-12-13-23-21(25)17-8-5-9-18(15-17)26-2/h3-5,7-10,15H,6,11-14H2,1-2H3,(H,22,24)(H,23,25). The number of para-hydroxylation sites is 1. The van der Waals surface area contributed by atoms with Crippen LogP contribution < -0.4 is 20.1 Å². The number of rotatable bonds is 10. The van der Waals surface area contributed by atoms with Crippen molar-refractivity contribution in [3.05, 3.63) is 59.7 Å². The van der Waals surface area contributed by atoms with Gasteiger partial charge in [-0.25, -0.2) is 0 Å². The highest BCUT2D eigenvalue weighted by Gasteiger charge is 2.06. The molecule has 0 saturated heterocycles. The van der Waals surface area contributed by atoms with E-state index in [4.69, 9.17) is 9.47 Å². The van der Waals surface area contributed by atoms with E-state index in [0.29, 0.717) is 43.9 Å². The van der Waals surface area contributed by atoms with Crippen molar-refractivity contribution >= 4 is 11.8 Å². The van der Waals surface area contributed by atoms with Gasteiger partial charge in [0.25, 0.3) is 5.91 Å². The van der Waals surface area contributed by atoms with Gasteiger partial charge in [-0.3, -0.25) is 9.59 Å². The Bertz CT molecular complexity index is 761. The highest BCUT2D eigenvalue weighted by Crippen LogP contribution is 2.16. The summed E-state index contributed by atoms with van der Waals surface area (Å²) in [7, 11) is 1.55. The third kappa shape index (κ3) is 7.01. The quantitative estimate of drug-likeness (QED) is 0.631. The van der Waals surface area contributed by atoms with Gasteiger partial charge in [-0.1, -0.05) is 24.3 Å². The van der Waals surface area contributed by atoms with E-state index in [1.807, 2.05) is 31.2 Å². The minimum absolute atomic E-state index is 0.0565. The van der Waals surface area contributed by atoms with Crippen molar-refractivity contribution < 1.29 is 19.1 Å². The van der Waals surface area contributed by atoms with Crippen LogP contribution in [0.15, 0.2) is 48.5 Å². The summed E-state index contributed by atoms with van der Waals surface area (Å²) in [6.07, 6.45) is 1.02. The SMILES string of the molecule is COc1cccc(C(=O)NCCNC(=O)CCCOc2ccccc2C)c1. The molecule has 0 aliphatic rings. The number of carbonyl (C=O) groups excluding carboxylic acids is 2. The molecule has 0 fully saturated rings. The third-order valence-corrected chi connectivity index (χ3v) is 3.96. The van der Waals surface area contributed by atoms with E-state index in [-0.39, 0.29) is 11.8 Å². The van der Waals surface area contributed by atoms with E-state index in [0.717, 1.165) is 11.3 Å². The molecule has 0 spiro atoms. The Hall–Kier alpha value is -3.02. The second-order valence-corrected chi connectivity index (χ2v) is 6.06. The van der Waals surface area contributed by atoms with Gasteiger partial charge in [-0.2, -0.15) is 0 Å². The number of aryl methyl sites for hydroxylation is 1. The third-order valence-electron chi connectivity index (χ3n) is 3.96. The summed E-state index contributed by atoms with van der Waals surface area (Å²) < 4.78 is 10.8. The van der Waals surface area contributed by atoms with Gasteiger partial charge < -0.3 is 20.1 Å². The summed E-state index contributed by atoms with van der Waals surface area (Å²) in [5.74, 6) is 1.22. The molecule has 144 valence electrons. The van der Waals surface area contributed by atoms with Crippen LogP contribution in [-0.4, -0.2) is 38.6 Å². The van der Waals surface area contributed by atoms with Crippen molar-refractivity contribution in [3.63, 3.8) is 0 Å². The van der Waals surface area contributed by atoms with Crippen LogP contribution >= 0.6 is 0 Å². The molecule has 0 saturated carbocycles. The van der Waals surface area contributed by atoms with Gasteiger partial charge in [-0.05, 0) is 43.2 Å². The van der Waals surface area contributed by atoms with E-state index < -0.39 is 0 Å². The lowest BCUT2D eigenvalue weighted by Crippen LogP contribution is -2.34. The average Bonchev–Trinajstić information content (AvgIpc) is 2.69. The highest BCUT2D eigenvalue weighted by atomic mass is 16.5. The maximum atomic E-state index is 12.0. The summed E-state index contributed by atoms with van der Waals surface area (Å²) in [5.41, 5.74) is 1.60. The Balaban J connectivity index is 1.58. The van der Waals surface area contributed by atoms with Crippen LogP contribution in [0.3, 0.4) is 0 Å². The lowest BCUT2D eigenvalue weighted by Gasteiger charge is -2.09. The van der Waals surface area contributed by atoms with E-state index in [9.17, 15) is 9.59 Å². The van der Waals surface area contributed by atoms with Crippen LogP contribution in [-0.2, 0) is 4.79 Å². The molecular formula is C21H26N2O4. The molecule has 0 atom stereocenters. The molecule has 2 aromatic carbocycles. The van der Waals surface area contributed by atoms with Crippen molar-refractivity contribution in [2.45, 2.75) is 19.8 Å². The fraction of sp³-hybridized carbons (Fsp3) is 0.333. The van der Waals surface area contributed by atoms with Crippen molar-refractivity contribution in [1.29, 1.82) is 0 Å². The first kappa shape index (κ1) is 20.3. The van der Waals surface area contributed by atoms with Crippen LogP contribution in [0.1, 0.15) is 28.8 Å². The second kappa shape index (κ2) is 10.9. The van der Waals surface area contributed by atoms with Gasteiger partial charge >= 0.3 is 0 Å². The fourth-order valence-electron chi connectivity index (χ4n) is 2.47. The number of methoxy groups -OCH3 is 1. The number of hydrogen-bond acceptors (Lipinski definition) is 4. The number of nitrogens with one attached hydrogen (secondary N) is 2. The minimum atomic E-state index is -0.199. The fourth-order valence-corrected chi connectivity index (χ4v) is 2.47. The zero-order valence-electron chi connectivity index (χ0n) is 15.8. The molecule has 6 nitrogen and oxygen atoms in total. The normalized spacial score (nSPS) is 10.1. The van der Waals surface area contributed by atoms with Crippen LogP contribution in [0.2, 0.25) is 0 Å². The predicted molar refractivity (Wildman–Crippen MR) is 104 cm³/mol. The van der Waals surface area contributed by atoms with E-state index in [2.05, 4.69) is 10.6 Å². The van der Waals surface area contributed by atoms with E-state index in [1.54, 1.807) is 31.4 Å². The summed E-state index contributed by atoms with van der Waals surface area (Å²) >= 11 is 0. The topological polar surface area (TPSA) is 76.7 Å². The lowest BCUT2D eigenvalue weighted by atomic mass is 10.2. The van der Waals surface area contributed by atoms with Crippen LogP contribution in [0.5, 0.6) is 11.5 Å². The number of hydrogen-bond donors (Lipinski definition) is 2. The van der Waals surface area contributed by atoms with Crippen LogP contribution in [0.4, 0.5) is 0 Å². The Labute approximate surface area is 159 Å². The Morgan fingerprint density at radius 2 is 1.78 bits per heavy atom. The minimum Gasteiger partial charge on any atom is -0.497 e. The van der Waals surface area contributed by atoms with Crippen LogP contribution in [0.25, 0.3) is 0 Å². The van der Waals surface area contributed by atoms with Gasteiger partial charge in [0.15, 0.2) is 0 Å². The van der Waals surface area contributed by atoms with Gasteiger partial charge in [0, 0.05) is 25.1 Å². The Kier molecular flexibility index (Phi) is 8.16. The molecule has 0 aliphatic heterocycles. The van der Waals surface area contributed by atoms with Gasteiger partial charge in [0.1, 0.15) is 11.5 Å². The van der Waals surface area contributed by atoms with Gasteiger partial charge in [-0.15, -0.1) is 0 Å². The molecule has 0 unspecified atom stereocenters. The van der Waals surface area contributed by atoms with Gasteiger partial charge in [0.2, 0.25) is 5.91 Å². The highest BCUT2D eigenvalue weighted by molar-refractivity contribution is 5.94. The number of amides is 2. The smallest absolute Gasteiger partial charge is 0.251 e. The molecule has 2 aromatic rings. The molecule has 2 amide bonds. The number of carbonyl (C=O) groups is 2. The van der Waals surface area contributed by atoms with Crippen molar-refractivity contribution in [2.75, 3.05) is 26.8 Å². The monoisotopic (exact) mass is 370 g/mol. The molecule has 0 bridgehead atoms.